The van der Waals surface area contributed by atoms with Crippen LogP contribution in [0.5, 0.6) is 17.5 Å². The monoisotopic (exact) mass is 504 g/mol. The van der Waals surface area contributed by atoms with Gasteiger partial charge in [0.05, 0.1) is 25.3 Å². The third-order valence-electron chi connectivity index (χ3n) is 5.64. The molecule has 3 aromatic rings. The second-order valence-electron chi connectivity index (χ2n) is 7.98. The number of halogens is 4. The van der Waals surface area contributed by atoms with Gasteiger partial charge in [0.15, 0.2) is 0 Å². The molecule has 0 saturated carbocycles. The first-order valence-electron chi connectivity index (χ1n) is 10.7. The minimum absolute atomic E-state index is 0.0364. The second-order valence-corrected chi connectivity index (χ2v) is 7.98. The molecule has 1 aliphatic heterocycles. The summed E-state index contributed by atoms with van der Waals surface area (Å²) < 4.78 is 64.9. The first kappa shape index (κ1) is 24.9. The number of nitrogens with zero attached hydrogens (tertiary/aromatic N) is 4. The molecule has 8 nitrogen and oxygen atoms in total. The number of benzene rings is 2. The zero-order valence-electron chi connectivity index (χ0n) is 19.0. The van der Waals surface area contributed by atoms with Gasteiger partial charge in [0.2, 0.25) is 0 Å². The van der Waals surface area contributed by atoms with Crippen LogP contribution < -0.4 is 14.5 Å². The summed E-state index contributed by atoms with van der Waals surface area (Å²) >= 11 is 0. The van der Waals surface area contributed by atoms with Crippen LogP contribution in [0.1, 0.15) is 13.3 Å². The Labute approximate surface area is 202 Å². The Morgan fingerprint density at radius 1 is 1.08 bits per heavy atom. The van der Waals surface area contributed by atoms with Gasteiger partial charge in [-0.3, -0.25) is 9.80 Å². The zero-order valence-corrected chi connectivity index (χ0v) is 19.0. The summed E-state index contributed by atoms with van der Waals surface area (Å²) in [6, 6.07) is 9.09. The Kier molecular flexibility index (Phi) is 6.77. The van der Waals surface area contributed by atoms with Crippen LogP contribution in [0.3, 0.4) is 0 Å². The van der Waals surface area contributed by atoms with E-state index in [4.69, 9.17) is 14.6 Å². The molecule has 2 aromatic carbocycles. The van der Waals surface area contributed by atoms with Crippen LogP contribution in [0.4, 0.5) is 23.2 Å². The Hall–Kier alpha value is -4.22. The smallest absolute Gasteiger partial charge is 0.431 e. The molecule has 2 atom stereocenters. The van der Waals surface area contributed by atoms with E-state index < -0.39 is 42.1 Å². The molecule has 1 aliphatic rings. The number of methoxy groups -OCH3 is 1. The van der Waals surface area contributed by atoms with E-state index in [9.17, 15) is 22.4 Å². The highest BCUT2D eigenvalue weighted by Gasteiger charge is 2.48. The van der Waals surface area contributed by atoms with E-state index in [-0.39, 0.29) is 23.0 Å². The Morgan fingerprint density at radius 3 is 2.31 bits per heavy atom. The number of alkyl halides is 3. The van der Waals surface area contributed by atoms with Crippen LogP contribution in [0.15, 0.2) is 60.0 Å². The summed E-state index contributed by atoms with van der Waals surface area (Å²) in [7, 11) is 1.47. The number of aromatic nitrogens is 2. The standard InChI is InChI=1S/C24H20F4N4O4/c1-13-20(10-21(33)34)32(31-22(13)24(26,27)28)15-3-5-16(6-4-15)36-23-29-11-14(12-30-23)18-9-17(35-2)7-8-19(18)25/h3-9,11-13,20H,10H2,1-2H3,(H,33,34)/t13-,20-/m0/s1. The molecule has 0 fully saturated rings. The van der Waals surface area contributed by atoms with E-state index >= 15 is 0 Å². The van der Waals surface area contributed by atoms with Gasteiger partial charge in [0.25, 0.3) is 0 Å². The lowest BCUT2D eigenvalue weighted by Gasteiger charge is -2.25. The normalized spacial score (nSPS) is 17.6. The van der Waals surface area contributed by atoms with Crippen molar-refractivity contribution in [3.8, 4) is 28.6 Å². The highest BCUT2D eigenvalue weighted by atomic mass is 19.4. The maximum Gasteiger partial charge on any atom is 0.431 e. The van der Waals surface area contributed by atoms with Crippen molar-refractivity contribution in [3.63, 3.8) is 0 Å². The minimum Gasteiger partial charge on any atom is -0.497 e. The highest BCUT2D eigenvalue weighted by molar-refractivity contribution is 5.96. The molecular formula is C24H20F4N4O4. The molecule has 36 heavy (non-hydrogen) atoms. The molecule has 0 radical (unpaired) electrons. The molecule has 0 saturated heterocycles. The van der Waals surface area contributed by atoms with Crippen LogP contribution in [0.25, 0.3) is 11.1 Å². The molecule has 0 bridgehead atoms. The third kappa shape index (κ3) is 5.21. The Balaban J connectivity index is 1.51. The molecular weight excluding hydrogens is 484 g/mol. The summed E-state index contributed by atoms with van der Waals surface area (Å²) in [5, 5.41) is 13.9. The van der Waals surface area contributed by atoms with Gasteiger partial charge in [-0.2, -0.15) is 18.3 Å². The van der Waals surface area contributed by atoms with E-state index in [0.29, 0.717) is 11.3 Å². The van der Waals surface area contributed by atoms with Gasteiger partial charge >= 0.3 is 18.2 Å². The molecule has 1 aromatic heterocycles. The van der Waals surface area contributed by atoms with Gasteiger partial charge in [-0.1, -0.05) is 6.92 Å². The van der Waals surface area contributed by atoms with Gasteiger partial charge < -0.3 is 14.6 Å². The average molecular weight is 504 g/mol. The fraction of sp³-hybridized carbons (Fsp3) is 0.250. The lowest BCUT2D eigenvalue weighted by molar-refractivity contribution is -0.137. The number of carbonyl (C=O) groups is 1. The van der Waals surface area contributed by atoms with Crippen molar-refractivity contribution in [2.75, 3.05) is 12.1 Å². The maximum absolute atomic E-state index is 14.2. The second kappa shape index (κ2) is 9.80. The molecule has 0 aliphatic carbocycles. The van der Waals surface area contributed by atoms with Crippen LogP contribution in [0, 0.1) is 11.7 Å². The van der Waals surface area contributed by atoms with Crippen molar-refractivity contribution in [1.29, 1.82) is 0 Å². The topological polar surface area (TPSA) is 97.1 Å². The number of carboxylic acid groups (broad SMARTS) is 1. The number of hydrogen-bond donors (Lipinski definition) is 1. The minimum atomic E-state index is -4.68. The number of carboxylic acids is 1. The predicted octanol–water partition coefficient (Wildman–Crippen LogP) is 5.30. The number of aliphatic carboxylic acids is 1. The van der Waals surface area contributed by atoms with Gasteiger partial charge in [0.1, 0.15) is 23.0 Å². The lowest BCUT2D eigenvalue weighted by Crippen LogP contribution is -2.36. The van der Waals surface area contributed by atoms with E-state index in [0.717, 1.165) is 5.01 Å². The van der Waals surface area contributed by atoms with Gasteiger partial charge in [-0.15, -0.1) is 0 Å². The molecule has 12 heteroatoms. The van der Waals surface area contributed by atoms with Gasteiger partial charge in [0, 0.05) is 29.4 Å². The summed E-state index contributed by atoms with van der Waals surface area (Å²) in [5.41, 5.74) is -0.112. The van der Waals surface area contributed by atoms with Crippen LogP contribution in [0.2, 0.25) is 0 Å². The van der Waals surface area contributed by atoms with E-state index in [1.165, 1.54) is 68.9 Å². The molecule has 2 heterocycles. The fourth-order valence-corrected chi connectivity index (χ4v) is 3.81. The Bertz CT molecular complexity index is 1280. The largest absolute Gasteiger partial charge is 0.497 e. The fourth-order valence-electron chi connectivity index (χ4n) is 3.81. The molecule has 0 spiro atoms. The molecule has 1 N–H and O–H groups in total. The number of anilines is 1. The molecule has 0 unspecified atom stereocenters. The highest BCUT2D eigenvalue weighted by Crippen LogP contribution is 2.37. The maximum atomic E-state index is 14.2. The van der Waals surface area contributed by atoms with E-state index in [2.05, 4.69) is 15.1 Å². The summed E-state index contributed by atoms with van der Waals surface area (Å²) in [4.78, 5) is 19.4. The van der Waals surface area contributed by atoms with Crippen LogP contribution in [-0.2, 0) is 4.79 Å². The van der Waals surface area contributed by atoms with Gasteiger partial charge in [-0.05, 0) is 42.5 Å². The molecule has 188 valence electrons. The molecule has 4 rings (SSSR count). The van der Waals surface area contributed by atoms with Crippen molar-refractivity contribution in [2.45, 2.75) is 25.6 Å². The van der Waals surface area contributed by atoms with Crippen molar-refractivity contribution >= 4 is 17.4 Å². The lowest BCUT2D eigenvalue weighted by atomic mass is 9.94. The average Bonchev–Trinajstić information content (AvgIpc) is 3.16. The SMILES string of the molecule is COc1ccc(F)c(-c2cnc(Oc3ccc(N4N=C(C(F)(F)F)[C@@H](C)[C@@H]4CC(=O)O)cc3)nc2)c1. The van der Waals surface area contributed by atoms with E-state index in [1.54, 1.807) is 0 Å². The molecule has 0 amide bonds. The number of rotatable bonds is 7. The first-order valence-corrected chi connectivity index (χ1v) is 10.7. The van der Waals surface area contributed by atoms with Gasteiger partial charge in [-0.25, -0.2) is 14.4 Å². The van der Waals surface area contributed by atoms with Crippen LogP contribution in [-0.4, -0.2) is 46.1 Å². The predicted molar refractivity (Wildman–Crippen MR) is 122 cm³/mol. The summed E-state index contributed by atoms with van der Waals surface area (Å²) in [6.07, 6.45) is -2.43. The number of ether oxygens (including phenoxy) is 2. The van der Waals surface area contributed by atoms with Crippen molar-refractivity contribution < 1.29 is 36.9 Å². The first-order chi connectivity index (χ1) is 17.1. The van der Waals surface area contributed by atoms with Crippen LogP contribution >= 0.6 is 0 Å². The Morgan fingerprint density at radius 2 is 1.72 bits per heavy atom. The quantitative estimate of drug-likeness (QED) is 0.436. The van der Waals surface area contributed by atoms with Crippen molar-refractivity contribution in [1.82, 2.24) is 9.97 Å². The van der Waals surface area contributed by atoms with Crippen molar-refractivity contribution in [3.05, 3.63) is 60.7 Å². The number of hydrogen-bond acceptors (Lipinski definition) is 7. The zero-order chi connectivity index (χ0) is 26.0. The summed E-state index contributed by atoms with van der Waals surface area (Å²) in [6.45, 7) is 1.30. The third-order valence-corrected chi connectivity index (χ3v) is 5.64. The number of hydrazone groups is 1. The van der Waals surface area contributed by atoms with E-state index in [1.807, 2.05) is 0 Å². The van der Waals surface area contributed by atoms with Crippen molar-refractivity contribution in [2.24, 2.45) is 11.0 Å². The summed E-state index contributed by atoms with van der Waals surface area (Å²) in [5.74, 6) is -2.08.